The van der Waals surface area contributed by atoms with Crippen molar-refractivity contribution < 1.29 is 9.90 Å². The molecule has 0 amide bonds. The Morgan fingerprint density at radius 2 is 2.25 bits per heavy atom. The number of carboxylic acid groups (broad SMARTS) is 1. The second-order valence-corrected chi connectivity index (χ2v) is 4.44. The Bertz CT molecular complexity index is 584. The topological polar surface area (TPSA) is 53.1 Å². The number of fused-ring (bicyclic) bond motifs is 1. The Hall–Kier alpha value is -1.55. The molecule has 0 aliphatic rings. The summed E-state index contributed by atoms with van der Waals surface area (Å²) in [6.07, 6.45) is 2.71. The molecule has 2 aromatic rings. The Kier molecular flexibility index (Phi) is 2.83. The molecule has 1 aromatic carbocycles. The summed E-state index contributed by atoms with van der Waals surface area (Å²) in [5, 5.41) is 9.67. The first-order valence-electron chi connectivity index (χ1n) is 4.77. The van der Waals surface area contributed by atoms with Gasteiger partial charge < -0.3 is 10.1 Å². The average Bonchev–Trinajstić information content (AvgIpc) is 2.53. The van der Waals surface area contributed by atoms with E-state index in [0.29, 0.717) is 0 Å². The number of aromatic nitrogens is 1. The van der Waals surface area contributed by atoms with Crippen LogP contribution in [0.3, 0.4) is 0 Å². The number of rotatable bonds is 2. The van der Waals surface area contributed by atoms with E-state index in [2.05, 4.69) is 20.9 Å². The lowest BCUT2D eigenvalue weighted by molar-refractivity contribution is -0.131. The molecule has 0 spiro atoms. The lowest BCUT2D eigenvalue weighted by Crippen LogP contribution is -1.86. The van der Waals surface area contributed by atoms with Gasteiger partial charge in [-0.05, 0) is 36.8 Å². The first-order chi connectivity index (χ1) is 7.58. The van der Waals surface area contributed by atoms with Crippen molar-refractivity contribution in [2.24, 2.45) is 0 Å². The van der Waals surface area contributed by atoms with Gasteiger partial charge in [-0.2, -0.15) is 0 Å². The molecule has 0 aliphatic heterocycles. The minimum Gasteiger partial charge on any atom is -0.478 e. The zero-order valence-electron chi connectivity index (χ0n) is 8.62. The molecule has 1 heterocycles. The van der Waals surface area contributed by atoms with E-state index in [9.17, 15) is 4.79 Å². The fourth-order valence-corrected chi connectivity index (χ4v) is 2.00. The number of aryl methyl sites for hydroxylation is 1. The van der Waals surface area contributed by atoms with Gasteiger partial charge in [0.1, 0.15) is 0 Å². The molecule has 2 rings (SSSR count). The van der Waals surface area contributed by atoms with E-state index in [-0.39, 0.29) is 0 Å². The Balaban J connectivity index is 2.56. The fraction of sp³-hybridized carbons (Fsp3) is 0.0833. The molecule has 0 aliphatic carbocycles. The van der Waals surface area contributed by atoms with E-state index in [1.54, 1.807) is 6.08 Å². The number of halogens is 1. The number of benzene rings is 1. The number of aliphatic carboxylic acids is 1. The van der Waals surface area contributed by atoms with Crippen molar-refractivity contribution >= 4 is 38.9 Å². The molecule has 82 valence electrons. The van der Waals surface area contributed by atoms with Gasteiger partial charge in [0.15, 0.2) is 0 Å². The molecule has 4 heteroatoms. The second kappa shape index (κ2) is 4.14. The number of hydrogen-bond donors (Lipinski definition) is 2. The fourth-order valence-electron chi connectivity index (χ4n) is 1.64. The smallest absolute Gasteiger partial charge is 0.328 e. The van der Waals surface area contributed by atoms with Crippen molar-refractivity contribution in [3.63, 3.8) is 0 Å². The van der Waals surface area contributed by atoms with E-state index in [1.165, 1.54) is 0 Å². The van der Waals surface area contributed by atoms with Crippen LogP contribution in [-0.2, 0) is 4.79 Å². The zero-order chi connectivity index (χ0) is 11.7. The molecular weight excluding hydrogens is 270 g/mol. The molecule has 0 fully saturated rings. The summed E-state index contributed by atoms with van der Waals surface area (Å²) in [5.74, 6) is -0.945. The van der Waals surface area contributed by atoms with Crippen LogP contribution in [0.1, 0.15) is 11.3 Å². The summed E-state index contributed by atoms with van der Waals surface area (Å²) in [7, 11) is 0. The molecule has 0 saturated heterocycles. The highest BCUT2D eigenvalue weighted by Crippen LogP contribution is 2.25. The molecule has 3 nitrogen and oxygen atoms in total. The van der Waals surface area contributed by atoms with E-state index in [4.69, 9.17) is 5.11 Å². The molecule has 0 saturated carbocycles. The number of carbonyl (C=O) groups is 1. The van der Waals surface area contributed by atoms with Crippen LogP contribution in [-0.4, -0.2) is 16.1 Å². The number of H-pyrrole nitrogens is 1. The van der Waals surface area contributed by atoms with Crippen LogP contribution in [0.15, 0.2) is 28.7 Å². The van der Waals surface area contributed by atoms with E-state index < -0.39 is 5.97 Å². The highest BCUT2D eigenvalue weighted by atomic mass is 79.9. The number of carboxylic acids is 1. The van der Waals surface area contributed by atoms with Gasteiger partial charge in [-0.1, -0.05) is 15.9 Å². The number of hydrogen-bond acceptors (Lipinski definition) is 1. The van der Waals surface area contributed by atoms with Crippen molar-refractivity contribution in [1.29, 1.82) is 0 Å². The van der Waals surface area contributed by atoms with Crippen LogP contribution < -0.4 is 0 Å². The maximum Gasteiger partial charge on any atom is 0.328 e. The van der Waals surface area contributed by atoms with Crippen molar-refractivity contribution in [3.8, 4) is 0 Å². The molecule has 0 bridgehead atoms. The molecule has 0 radical (unpaired) electrons. The predicted molar refractivity (Wildman–Crippen MR) is 67.4 cm³/mol. The van der Waals surface area contributed by atoms with Crippen LogP contribution >= 0.6 is 15.9 Å². The monoisotopic (exact) mass is 279 g/mol. The largest absolute Gasteiger partial charge is 0.478 e. The van der Waals surface area contributed by atoms with Crippen molar-refractivity contribution in [2.75, 3.05) is 0 Å². The van der Waals surface area contributed by atoms with Crippen LogP contribution in [0.2, 0.25) is 0 Å². The SMILES string of the molecule is Cc1c(/C=C/C(=O)O)[nH]c2ccc(Br)cc12. The van der Waals surface area contributed by atoms with Gasteiger partial charge in [0, 0.05) is 27.1 Å². The number of aromatic amines is 1. The summed E-state index contributed by atoms with van der Waals surface area (Å²) >= 11 is 3.41. The maximum atomic E-state index is 10.4. The first kappa shape index (κ1) is 11.0. The molecule has 2 N–H and O–H groups in total. The van der Waals surface area contributed by atoms with Crippen LogP contribution in [0.5, 0.6) is 0 Å². The molecule has 0 unspecified atom stereocenters. The van der Waals surface area contributed by atoms with Gasteiger partial charge >= 0.3 is 5.97 Å². The van der Waals surface area contributed by atoms with E-state index >= 15 is 0 Å². The summed E-state index contributed by atoms with van der Waals surface area (Å²) in [6.45, 7) is 1.97. The third kappa shape index (κ3) is 2.02. The summed E-state index contributed by atoms with van der Waals surface area (Å²) in [6, 6.07) is 5.92. The summed E-state index contributed by atoms with van der Waals surface area (Å²) < 4.78 is 1.01. The predicted octanol–water partition coefficient (Wildman–Crippen LogP) is 3.34. The van der Waals surface area contributed by atoms with Gasteiger partial charge in [-0.3, -0.25) is 0 Å². The van der Waals surface area contributed by atoms with Crippen LogP contribution in [0.25, 0.3) is 17.0 Å². The summed E-state index contributed by atoms with van der Waals surface area (Å²) in [4.78, 5) is 13.6. The van der Waals surface area contributed by atoms with E-state index in [0.717, 1.165) is 32.7 Å². The average molecular weight is 280 g/mol. The quantitative estimate of drug-likeness (QED) is 0.829. The zero-order valence-corrected chi connectivity index (χ0v) is 10.2. The Morgan fingerprint density at radius 1 is 1.50 bits per heavy atom. The lowest BCUT2D eigenvalue weighted by Gasteiger charge is -1.92. The summed E-state index contributed by atoms with van der Waals surface area (Å²) in [5.41, 5.74) is 2.88. The highest BCUT2D eigenvalue weighted by molar-refractivity contribution is 9.10. The van der Waals surface area contributed by atoms with Crippen molar-refractivity contribution in [3.05, 3.63) is 40.0 Å². The maximum absolute atomic E-state index is 10.4. The third-order valence-electron chi connectivity index (χ3n) is 2.45. The number of nitrogens with one attached hydrogen (secondary N) is 1. The molecule has 16 heavy (non-hydrogen) atoms. The van der Waals surface area contributed by atoms with Gasteiger partial charge in [0.05, 0.1) is 0 Å². The lowest BCUT2D eigenvalue weighted by atomic mass is 10.1. The third-order valence-corrected chi connectivity index (χ3v) is 2.94. The van der Waals surface area contributed by atoms with Gasteiger partial charge in [-0.15, -0.1) is 0 Å². The van der Waals surface area contributed by atoms with Crippen LogP contribution in [0, 0.1) is 6.92 Å². The Morgan fingerprint density at radius 3 is 2.94 bits per heavy atom. The first-order valence-corrected chi connectivity index (χ1v) is 5.56. The second-order valence-electron chi connectivity index (χ2n) is 3.53. The van der Waals surface area contributed by atoms with Crippen molar-refractivity contribution in [2.45, 2.75) is 6.92 Å². The standard InChI is InChI=1S/C12H10BrNO2/c1-7-9-6-8(13)2-3-11(9)14-10(7)4-5-12(15)16/h2-6,14H,1H3,(H,15,16)/b5-4+. The van der Waals surface area contributed by atoms with Crippen LogP contribution in [0.4, 0.5) is 0 Å². The molecule has 0 atom stereocenters. The normalized spacial score (nSPS) is 11.4. The minimum absolute atomic E-state index is 0.829. The highest BCUT2D eigenvalue weighted by Gasteiger charge is 2.05. The Labute approximate surface area is 101 Å². The van der Waals surface area contributed by atoms with Gasteiger partial charge in [-0.25, -0.2) is 4.79 Å². The minimum atomic E-state index is -0.945. The molecular formula is C12H10BrNO2. The van der Waals surface area contributed by atoms with Crippen molar-refractivity contribution in [1.82, 2.24) is 4.98 Å². The molecule has 1 aromatic heterocycles. The van der Waals surface area contributed by atoms with Gasteiger partial charge in [0.2, 0.25) is 0 Å². The van der Waals surface area contributed by atoms with E-state index in [1.807, 2.05) is 25.1 Å². The van der Waals surface area contributed by atoms with Gasteiger partial charge in [0.25, 0.3) is 0 Å².